The summed E-state index contributed by atoms with van der Waals surface area (Å²) in [6.45, 7) is 3.36. The number of amides is 1. The van der Waals surface area contributed by atoms with Gasteiger partial charge < -0.3 is 18.8 Å². The molecule has 3 rings (SSSR count). The third kappa shape index (κ3) is 3.00. The van der Waals surface area contributed by atoms with Crippen molar-refractivity contribution in [3.05, 3.63) is 17.7 Å². The number of rotatable bonds is 2. The van der Waals surface area contributed by atoms with Crippen LogP contribution in [0, 0.1) is 0 Å². The summed E-state index contributed by atoms with van der Waals surface area (Å²) in [5.74, 6) is 0.495. The fourth-order valence-electron chi connectivity index (χ4n) is 2.54. The molecule has 3 heterocycles. The number of hydrogen-bond donors (Lipinski definition) is 0. The molecule has 1 saturated heterocycles. The Kier molecular flexibility index (Phi) is 3.82. The number of imidazole rings is 1. The maximum absolute atomic E-state index is 12.4. The molecule has 2 aliphatic heterocycles. The molecule has 0 spiro atoms. The number of carbonyl (C=O) groups excluding carboxylic acids is 1. The highest BCUT2D eigenvalue weighted by Crippen LogP contribution is 2.18. The number of fused-ring (bicyclic) bond motifs is 1. The first-order chi connectivity index (χ1) is 9.95. The van der Waals surface area contributed by atoms with Gasteiger partial charge in [-0.05, 0) is 0 Å². The number of ether oxygens (including phenoxy) is 1. The van der Waals surface area contributed by atoms with E-state index in [0.29, 0.717) is 50.9 Å². The van der Waals surface area contributed by atoms with Crippen LogP contribution < -0.4 is 0 Å². The van der Waals surface area contributed by atoms with Gasteiger partial charge in [0.05, 0.1) is 19.8 Å². The fraction of sp³-hybridized carbons (Fsp3) is 0.667. The molecule has 1 amide bonds. The van der Waals surface area contributed by atoms with Gasteiger partial charge in [0.2, 0.25) is 0 Å². The lowest BCUT2D eigenvalue weighted by Crippen LogP contribution is -2.41. The van der Waals surface area contributed by atoms with Crippen molar-refractivity contribution >= 4 is 16.3 Å². The van der Waals surface area contributed by atoms with Gasteiger partial charge in [-0.1, -0.05) is 4.21 Å². The first kappa shape index (κ1) is 14.6. The summed E-state index contributed by atoms with van der Waals surface area (Å²) < 4.78 is 31.6. The van der Waals surface area contributed by atoms with E-state index >= 15 is 0 Å². The minimum absolute atomic E-state index is 0.119. The van der Waals surface area contributed by atoms with Crippen molar-refractivity contribution < 1.29 is 18.3 Å². The fourth-order valence-corrected chi connectivity index (χ4v) is 3.31. The van der Waals surface area contributed by atoms with Crippen LogP contribution in [0.5, 0.6) is 0 Å². The molecule has 0 bridgehead atoms. The third-order valence-electron chi connectivity index (χ3n) is 3.75. The van der Waals surface area contributed by atoms with Crippen molar-refractivity contribution in [3.63, 3.8) is 0 Å². The Morgan fingerprint density at radius 1 is 1.33 bits per heavy atom. The number of sulfonamides is 1. The Labute approximate surface area is 124 Å². The van der Waals surface area contributed by atoms with Crippen LogP contribution in [0.3, 0.4) is 0 Å². The first-order valence-corrected chi connectivity index (χ1v) is 8.68. The molecule has 9 heteroatoms. The quantitative estimate of drug-likeness (QED) is 0.676. The number of morpholine rings is 1. The summed E-state index contributed by atoms with van der Waals surface area (Å²) in [4.78, 5) is 18.4. The molecule has 2 aliphatic rings. The minimum Gasteiger partial charge on any atom is -0.598 e. The lowest BCUT2D eigenvalue weighted by Gasteiger charge is -2.28. The van der Waals surface area contributed by atoms with Crippen LogP contribution in [0.2, 0.25) is 0 Å². The van der Waals surface area contributed by atoms with Gasteiger partial charge in [-0.2, -0.15) is 0 Å². The van der Waals surface area contributed by atoms with Crippen LogP contribution in [0.1, 0.15) is 16.3 Å². The summed E-state index contributed by atoms with van der Waals surface area (Å²) in [6, 6.07) is 0. The van der Waals surface area contributed by atoms with Crippen LogP contribution >= 0.6 is 0 Å². The van der Waals surface area contributed by atoms with E-state index in [9.17, 15) is 13.6 Å². The average Bonchev–Trinajstić information content (AvgIpc) is 2.89. The minimum atomic E-state index is -3.23. The topological polar surface area (TPSA) is 90.7 Å². The molecule has 1 unspecified atom stereocenters. The van der Waals surface area contributed by atoms with Crippen LogP contribution in [-0.4, -0.2) is 68.3 Å². The summed E-state index contributed by atoms with van der Waals surface area (Å²) in [5.41, 5.74) is 0.377. The molecule has 1 fully saturated rings. The highest BCUT2D eigenvalue weighted by molar-refractivity contribution is 7.94. The van der Waals surface area contributed by atoms with Crippen molar-refractivity contribution in [2.24, 2.45) is 0 Å². The zero-order valence-electron chi connectivity index (χ0n) is 11.9. The number of nitrogens with zero attached hydrogens (tertiary/aromatic N) is 4. The molecule has 1 aromatic heterocycles. The first-order valence-electron chi connectivity index (χ1n) is 6.83. The van der Waals surface area contributed by atoms with E-state index in [2.05, 4.69) is 4.98 Å². The van der Waals surface area contributed by atoms with Crippen molar-refractivity contribution in [3.8, 4) is 0 Å². The second-order valence-corrected chi connectivity index (χ2v) is 7.22. The zero-order chi connectivity index (χ0) is 15.0. The van der Waals surface area contributed by atoms with Crippen LogP contribution in [0.25, 0.3) is 0 Å². The molecular formula is C12H18N4O4S. The summed E-state index contributed by atoms with van der Waals surface area (Å²) in [7, 11) is -3.23. The van der Waals surface area contributed by atoms with Gasteiger partial charge >= 0.3 is 0 Å². The molecule has 0 N–H and O–H groups in total. The molecule has 21 heavy (non-hydrogen) atoms. The molecule has 116 valence electrons. The average molecular weight is 314 g/mol. The zero-order valence-corrected chi connectivity index (χ0v) is 12.7. The lowest BCUT2D eigenvalue weighted by molar-refractivity contribution is 0.0299. The van der Waals surface area contributed by atoms with Gasteiger partial charge in [0, 0.05) is 25.8 Å². The van der Waals surface area contributed by atoms with Gasteiger partial charge in [0.25, 0.3) is 5.91 Å². The second kappa shape index (κ2) is 5.48. The molecule has 0 radical (unpaired) electrons. The SMILES string of the molecule is C[S+](=O)([O-])N1CCn2cc(C(=O)N3CCOCC3)nc2C1. The Balaban J connectivity index is 1.77. The van der Waals surface area contributed by atoms with E-state index in [1.54, 1.807) is 11.1 Å². The summed E-state index contributed by atoms with van der Waals surface area (Å²) >= 11 is 0. The van der Waals surface area contributed by atoms with Gasteiger partial charge in [-0.25, -0.2) is 4.98 Å². The van der Waals surface area contributed by atoms with E-state index < -0.39 is 10.4 Å². The molecule has 1 atom stereocenters. The molecule has 0 aliphatic carbocycles. The third-order valence-corrected chi connectivity index (χ3v) is 5.00. The summed E-state index contributed by atoms with van der Waals surface area (Å²) in [5, 5.41) is 0. The lowest BCUT2D eigenvalue weighted by atomic mass is 10.3. The highest BCUT2D eigenvalue weighted by Gasteiger charge is 2.30. The molecule has 8 nitrogen and oxygen atoms in total. The maximum atomic E-state index is 12.4. The number of aromatic nitrogens is 2. The predicted molar refractivity (Wildman–Crippen MR) is 74.1 cm³/mol. The van der Waals surface area contributed by atoms with Gasteiger partial charge in [0.15, 0.2) is 0 Å². The number of hydrogen-bond acceptors (Lipinski definition) is 5. The maximum Gasteiger partial charge on any atom is 0.274 e. The van der Waals surface area contributed by atoms with Crippen LogP contribution in [-0.2, 0) is 32.4 Å². The van der Waals surface area contributed by atoms with Gasteiger partial charge in [0.1, 0.15) is 34.7 Å². The second-order valence-electron chi connectivity index (χ2n) is 5.24. The Morgan fingerprint density at radius 2 is 2.05 bits per heavy atom. The molecule has 1 aromatic rings. The standard InChI is InChI=1S/C12H18N4O4S/c1-21(18,19)16-3-2-15-8-10(13-11(15)9-16)12(17)14-4-6-20-7-5-14/h8H,2-7,9H2,1H3. The normalized spacial score (nSPS) is 22.7. The van der Waals surface area contributed by atoms with Crippen molar-refractivity contribution in [2.75, 3.05) is 39.1 Å². The van der Waals surface area contributed by atoms with E-state index in [1.165, 1.54) is 10.6 Å². The van der Waals surface area contributed by atoms with E-state index in [1.807, 2.05) is 4.57 Å². The smallest absolute Gasteiger partial charge is 0.274 e. The Bertz CT molecular complexity index is 590. The Hall–Kier alpha value is -1.29. The van der Waals surface area contributed by atoms with Gasteiger partial charge in [-0.15, -0.1) is 4.31 Å². The largest absolute Gasteiger partial charge is 0.598 e. The van der Waals surface area contributed by atoms with Crippen molar-refractivity contribution in [2.45, 2.75) is 13.1 Å². The van der Waals surface area contributed by atoms with Crippen LogP contribution in [0.4, 0.5) is 0 Å². The summed E-state index contributed by atoms with van der Waals surface area (Å²) in [6.07, 6.45) is 2.90. The van der Waals surface area contributed by atoms with Crippen molar-refractivity contribution in [1.82, 2.24) is 18.8 Å². The molecule has 0 aromatic carbocycles. The predicted octanol–water partition coefficient (Wildman–Crippen LogP) is -0.654. The van der Waals surface area contributed by atoms with E-state index in [4.69, 9.17) is 4.74 Å². The highest BCUT2D eigenvalue weighted by atomic mass is 32.3. The van der Waals surface area contributed by atoms with Gasteiger partial charge in [-0.3, -0.25) is 4.79 Å². The van der Waals surface area contributed by atoms with E-state index in [-0.39, 0.29) is 12.5 Å². The molecular weight excluding hydrogens is 296 g/mol. The van der Waals surface area contributed by atoms with E-state index in [0.717, 1.165) is 0 Å². The van der Waals surface area contributed by atoms with Crippen LogP contribution in [0.15, 0.2) is 6.20 Å². The number of carbonyl (C=O) groups is 1. The monoisotopic (exact) mass is 314 g/mol. The Morgan fingerprint density at radius 3 is 2.71 bits per heavy atom. The molecule has 0 saturated carbocycles. The van der Waals surface area contributed by atoms with Crippen molar-refractivity contribution in [1.29, 1.82) is 0 Å².